The zero-order valence-electron chi connectivity index (χ0n) is 10.6. The summed E-state index contributed by atoms with van der Waals surface area (Å²) in [5.41, 5.74) is 0.673. The smallest absolute Gasteiger partial charge is 0.207 e. The van der Waals surface area contributed by atoms with Gasteiger partial charge in [-0.1, -0.05) is 25.4 Å². The molecule has 2 rings (SSSR count). The summed E-state index contributed by atoms with van der Waals surface area (Å²) >= 11 is 9.45. The van der Waals surface area contributed by atoms with Crippen molar-refractivity contribution in [2.24, 2.45) is 5.92 Å². The van der Waals surface area contributed by atoms with Crippen molar-refractivity contribution in [1.29, 1.82) is 0 Å². The van der Waals surface area contributed by atoms with Crippen LogP contribution in [0.15, 0.2) is 29.0 Å². The Morgan fingerprint density at radius 1 is 1.47 bits per heavy atom. The van der Waals surface area contributed by atoms with Gasteiger partial charge in [-0.15, -0.1) is 0 Å². The van der Waals surface area contributed by atoms with Crippen LogP contribution in [0.1, 0.15) is 13.8 Å². The molecule has 0 unspecified atom stereocenters. The third kappa shape index (κ3) is 3.28. The molecule has 0 amide bonds. The first-order chi connectivity index (χ1) is 8.99. The lowest BCUT2D eigenvalue weighted by molar-refractivity contribution is 0.626. The molecule has 0 aliphatic heterocycles. The normalized spacial score (nSPS) is 11.1. The van der Waals surface area contributed by atoms with Gasteiger partial charge in [-0.25, -0.2) is 9.37 Å². The number of rotatable bonds is 4. The maximum atomic E-state index is 13.2. The molecule has 19 heavy (non-hydrogen) atoms. The van der Waals surface area contributed by atoms with Crippen molar-refractivity contribution in [2.45, 2.75) is 13.8 Å². The molecule has 0 spiro atoms. The molecule has 0 aliphatic carbocycles. The molecule has 1 aromatic heterocycles. The number of nitrogens with one attached hydrogen (secondary N) is 1. The highest BCUT2D eigenvalue weighted by molar-refractivity contribution is 9.10. The van der Waals surface area contributed by atoms with E-state index in [1.54, 1.807) is 17.0 Å². The Morgan fingerprint density at radius 3 is 2.84 bits per heavy atom. The molecule has 3 nitrogen and oxygen atoms in total. The first-order valence-corrected chi connectivity index (χ1v) is 7.08. The molecule has 2 aromatic rings. The SMILES string of the molecule is CC(C)CNc1nccn1-c1c(Cl)cc(F)cc1Br. The van der Waals surface area contributed by atoms with E-state index >= 15 is 0 Å². The van der Waals surface area contributed by atoms with Gasteiger partial charge in [0.25, 0.3) is 0 Å². The Kier molecular flexibility index (Phi) is 4.47. The van der Waals surface area contributed by atoms with Gasteiger partial charge in [0.15, 0.2) is 0 Å². The van der Waals surface area contributed by atoms with Crippen molar-refractivity contribution in [1.82, 2.24) is 9.55 Å². The number of nitrogens with zero attached hydrogens (tertiary/aromatic N) is 2. The minimum atomic E-state index is -0.377. The highest BCUT2D eigenvalue weighted by atomic mass is 79.9. The third-order valence-corrected chi connectivity index (χ3v) is 3.42. The van der Waals surface area contributed by atoms with Crippen molar-refractivity contribution in [3.8, 4) is 5.69 Å². The van der Waals surface area contributed by atoms with Gasteiger partial charge < -0.3 is 5.32 Å². The van der Waals surface area contributed by atoms with Crippen LogP contribution in [0.2, 0.25) is 5.02 Å². The summed E-state index contributed by atoms with van der Waals surface area (Å²) in [6, 6.07) is 2.67. The largest absolute Gasteiger partial charge is 0.355 e. The Labute approximate surface area is 124 Å². The van der Waals surface area contributed by atoms with E-state index in [4.69, 9.17) is 11.6 Å². The highest BCUT2D eigenvalue weighted by Crippen LogP contribution is 2.31. The average Bonchev–Trinajstić information content (AvgIpc) is 2.73. The maximum absolute atomic E-state index is 13.2. The van der Waals surface area contributed by atoms with Crippen LogP contribution in [0.4, 0.5) is 10.3 Å². The molecular formula is C13H14BrClFN3. The number of benzene rings is 1. The summed E-state index contributed by atoms with van der Waals surface area (Å²) in [5.74, 6) is 0.803. The lowest BCUT2D eigenvalue weighted by atomic mass is 10.2. The van der Waals surface area contributed by atoms with Crippen LogP contribution in [0.5, 0.6) is 0 Å². The first-order valence-electron chi connectivity index (χ1n) is 5.91. The summed E-state index contributed by atoms with van der Waals surface area (Å²) in [7, 11) is 0. The predicted molar refractivity (Wildman–Crippen MR) is 79.6 cm³/mol. The second-order valence-electron chi connectivity index (χ2n) is 4.61. The van der Waals surface area contributed by atoms with Crippen LogP contribution >= 0.6 is 27.5 Å². The summed E-state index contributed by atoms with van der Waals surface area (Å²) in [6.07, 6.45) is 3.46. The second kappa shape index (κ2) is 5.92. The highest BCUT2D eigenvalue weighted by Gasteiger charge is 2.13. The van der Waals surface area contributed by atoms with Crippen molar-refractivity contribution < 1.29 is 4.39 Å². The Balaban J connectivity index is 2.40. The van der Waals surface area contributed by atoms with Crippen LogP contribution in [0, 0.1) is 11.7 Å². The topological polar surface area (TPSA) is 29.9 Å². The van der Waals surface area contributed by atoms with Gasteiger partial charge in [0.05, 0.1) is 10.7 Å². The average molecular weight is 347 g/mol. The standard InChI is InChI=1S/C13H14BrClFN3/c1-8(2)7-18-13-17-3-4-19(13)12-10(14)5-9(16)6-11(12)15/h3-6,8H,7H2,1-2H3,(H,17,18). The minimum absolute atomic E-state index is 0.331. The predicted octanol–water partition coefficient (Wildman–Crippen LogP) is 4.50. The van der Waals surface area contributed by atoms with Crippen LogP contribution in [0.3, 0.4) is 0 Å². The Bertz CT molecular complexity index is 560. The van der Waals surface area contributed by atoms with Gasteiger partial charge in [-0.05, 0) is 34.0 Å². The van der Waals surface area contributed by atoms with E-state index in [0.29, 0.717) is 27.0 Å². The Hall–Kier alpha value is -1.07. The van der Waals surface area contributed by atoms with Gasteiger partial charge in [0, 0.05) is 23.4 Å². The van der Waals surface area contributed by atoms with Crippen molar-refractivity contribution in [3.63, 3.8) is 0 Å². The molecule has 0 fully saturated rings. The monoisotopic (exact) mass is 345 g/mol. The Morgan fingerprint density at radius 2 is 2.21 bits per heavy atom. The van der Waals surface area contributed by atoms with Crippen LogP contribution in [0.25, 0.3) is 5.69 Å². The zero-order chi connectivity index (χ0) is 14.0. The summed E-state index contributed by atoms with van der Waals surface area (Å²) in [4.78, 5) is 4.25. The lowest BCUT2D eigenvalue weighted by Crippen LogP contribution is -2.12. The molecule has 102 valence electrons. The molecular weight excluding hydrogens is 333 g/mol. The van der Waals surface area contributed by atoms with E-state index < -0.39 is 0 Å². The molecule has 0 radical (unpaired) electrons. The fraction of sp³-hybridized carbons (Fsp3) is 0.308. The number of halogens is 3. The van der Waals surface area contributed by atoms with Gasteiger partial charge in [0.1, 0.15) is 5.82 Å². The molecule has 1 N–H and O–H groups in total. The molecule has 0 saturated heterocycles. The number of hydrogen-bond acceptors (Lipinski definition) is 2. The zero-order valence-corrected chi connectivity index (χ0v) is 13.0. The van der Waals surface area contributed by atoms with Crippen LogP contribution < -0.4 is 5.32 Å². The van der Waals surface area contributed by atoms with Gasteiger partial charge >= 0.3 is 0 Å². The summed E-state index contributed by atoms with van der Waals surface area (Å²) in [5, 5.41) is 3.57. The fourth-order valence-corrected chi connectivity index (χ4v) is 2.71. The minimum Gasteiger partial charge on any atom is -0.355 e. The molecule has 1 heterocycles. The first kappa shape index (κ1) is 14.3. The molecule has 0 saturated carbocycles. The van der Waals surface area contributed by atoms with Crippen LogP contribution in [-0.4, -0.2) is 16.1 Å². The quantitative estimate of drug-likeness (QED) is 0.883. The number of anilines is 1. The third-order valence-electron chi connectivity index (χ3n) is 2.53. The maximum Gasteiger partial charge on any atom is 0.207 e. The fourth-order valence-electron chi connectivity index (χ4n) is 1.67. The summed E-state index contributed by atoms with van der Waals surface area (Å²) in [6.45, 7) is 5.02. The molecule has 0 atom stereocenters. The molecule has 6 heteroatoms. The van der Waals surface area contributed by atoms with E-state index in [9.17, 15) is 4.39 Å². The van der Waals surface area contributed by atoms with Crippen molar-refractivity contribution in [2.75, 3.05) is 11.9 Å². The van der Waals surface area contributed by atoms with E-state index in [1.165, 1.54) is 12.1 Å². The molecule has 0 bridgehead atoms. The van der Waals surface area contributed by atoms with Gasteiger partial charge in [-0.3, -0.25) is 4.57 Å². The molecule has 0 aliphatic rings. The number of aromatic nitrogens is 2. The summed E-state index contributed by atoms with van der Waals surface area (Å²) < 4.78 is 15.6. The van der Waals surface area contributed by atoms with E-state index in [0.717, 1.165) is 6.54 Å². The van der Waals surface area contributed by atoms with Gasteiger partial charge in [-0.2, -0.15) is 0 Å². The van der Waals surface area contributed by atoms with E-state index in [-0.39, 0.29) is 5.82 Å². The van der Waals surface area contributed by atoms with Crippen molar-refractivity contribution in [3.05, 3.63) is 39.8 Å². The number of hydrogen-bond donors (Lipinski definition) is 1. The van der Waals surface area contributed by atoms with E-state index in [1.807, 2.05) is 0 Å². The van der Waals surface area contributed by atoms with Crippen LogP contribution in [-0.2, 0) is 0 Å². The van der Waals surface area contributed by atoms with Crippen molar-refractivity contribution >= 4 is 33.5 Å². The van der Waals surface area contributed by atoms with Gasteiger partial charge in [0.2, 0.25) is 5.95 Å². The lowest BCUT2D eigenvalue weighted by Gasteiger charge is -2.14. The molecule has 1 aromatic carbocycles. The number of imidazole rings is 1. The second-order valence-corrected chi connectivity index (χ2v) is 5.88. The van der Waals surface area contributed by atoms with E-state index in [2.05, 4.69) is 40.1 Å².